The van der Waals surface area contributed by atoms with Crippen molar-refractivity contribution in [2.24, 2.45) is 11.3 Å². The molecule has 3 atom stereocenters. The summed E-state index contributed by atoms with van der Waals surface area (Å²) in [6.07, 6.45) is 1.19. The van der Waals surface area contributed by atoms with E-state index in [4.69, 9.17) is 0 Å². The Bertz CT molecular complexity index is 1820. The predicted octanol–water partition coefficient (Wildman–Crippen LogP) is 6.18. The van der Waals surface area contributed by atoms with Crippen LogP contribution in [0.3, 0.4) is 0 Å². The molecule has 1 saturated heterocycles. The Labute approximate surface area is 278 Å². The van der Waals surface area contributed by atoms with Gasteiger partial charge in [-0.25, -0.2) is 9.37 Å². The number of nitrogens with zero attached hydrogens (tertiary/aromatic N) is 3. The Morgan fingerprint density at radius 1 is 1.15 bits per heavy atom. The molecule has 0 unspecified atom stereocenters. The molecule has 6 rings (SSSR count). The molecular formula is C36H42FN5O4S. The Morgan fingerprint density at radius 2 is 1.89 bits per heavy atom. The summed E-state index contributed by atoms with van der Waals surface area (Å²) in [5, 5.41) is 21.7. The molecule has 1 aliphatic heterocycles. The molecule has 1 aliphatic carbocycles. The van der Waals surface area contributed by atoms with Crippen molar-refractivity contribution in [2.75, 3.05) is 6.54 Å². The van der Waals surface area contributed by atoms with E-state index >= 15 is 0 Å². The number of likely N-dealkylation sites (tertiary alicyclic amines) is 1. The number of benzene rings is 2. The first-order valence-corrected chi connectivity index (χ1v) is 17.1. The minimum atomic E-state index is -1.83. The number of H-pyrrole nitrogens is 1. The first-order valence-electron chi connectivity index (χ1n) is 16.2. The van der Waals surface area contributed by atoms with Crippen LogP contribution in [0.2, 0.25) is 0 Å². The average molecular weight is 660 g/mol. The van der Waals surface area contributed by atoms with Crippen molar-refractivity contribution < 1.29 is 23.9 Å². The summed E-state index contributed by atoms with van der Waals surface area (Å²) in [4.78, 5) is 47.2. The number of ketones is 1. The van der Waals surface area contributed by atoms with Crippen LogP contribution in [0.4, 0.5) is 4.39 Å². The lowest BCUT2D eigenvalue weighted by molar-refractivity contribution is -0.147. The number of Topliss-reactive ketones (excluding diaryl/α,β-unsaturated/α-hetero) is 1. The summed E-state index contributed by atoms with van der Waals surface area (Å²) >= 11 is 1.57. The molecule has 47 heavy (non-hydrogen) atoms. The summed E-state index contributed by atoms with van der Waals surface area (Å²) < 4.78 is 14.6. The Balaban J connectivity index is 1.19. The van der Waals surface area contributed by atoms with Gasteiger partial charge in [-0.3, -0.25) is 19.5 Å². The highest BCUT2D eigenvalue weighted by Crippen LogP contribution is 2.44. The van der Waals surface area contributed by atoms with Crippen LogP contribution >= 0.6 is 11.3 Å². The van der Waals surface area contributed by atoms with Gasteiger partial charge < -0.3 is 15.3 Å². The monoisotopic (exact) mass is 659 g/mol. The van der Waals surface area contributed by atoms with E-state index in [1.807, 2.05) is 56.6 Å². The number of fused-ring (bicyclic) bond motifs is 1. The van der Waals surface area contributed by atoms with Gasteiger partial charge in [0.25, 0.3) is 0 Å². The third-order valence-electron chi connectivity index (χ3n) is 9.55. The number of β-amino-alcohol motifs (C(OH)–C–C–N with tert-alkyl or cyclic N) is 1. The maximum absolute atomic E-state index is 14.6. The summed E-state index contributed by atoms with van der Waals surface area (Å²) in [7, 11) is 0. The van der Waals surface area contributed by atoms with Crippen LogP contribution in [0, 0.1) is 11.3 Å². The lowest BCUT2D eigenvalue weighted by atomic mass is 9.76. The van der Waals surface area contributed by atoms with Gasteiger partial charge in [0.1, 0.15) is 6.04 Å². The van der Waals surface area contributed by atoms with Crippen molar-refractivity contribution in [3.8, 4) is 21.7 Å². The second-order valence-electron chi connectivity index (χ2n) is 14.4. The van der Waals surface area contributed by atoms with Crippen molar-refractivity contribution in [2.45, 2.75) is 90.6 Å². The number of thiazole rings is 1. The highest BCUT2D eigenvalue weighted by Gasteiger charge is 2.53. The van der Waals surface area contributed by atoms with Gasteiger partial charge in [0.2, 0.25) is 11.8 Å². The molecule has 0 bridgehead atoms. The van der Waals surface area contributed by atoms with E-state index in [2.05, 4.69) is 40.4 Å². The zero-order valence-corrected chi connectivity index (χ0v) is 28.3. The summed E-state index contributed by atoms with van der Waals surface area (Å²) in [5.74, 6) is -1.95. The third-order valence-corrected chi connectivity index (χ3v) is 10.4. The quantitative estimate of drug-likeness (QED) is 0.187. The minimum Gasteiger partial charge on any atom is -0.391 e. The first-order chi connectivity index (χ1) is 22.2. The van der Waals surface area contributed by atoms with Crippen LogP contribution in [-0.2, 0) is 20.9 Å². The highest BCUT2D eigenvalue weighted by atomic mass is 32.1. The van der Waals surface area contributed by atoms with Crippen LogP contribution in [0.1, 0.15) is 77.3 Å². The standard InChI is InChI=1S/C36H42FN5O4S/c1-20(2)26-12-22(32-31(39-19-47-32)21-6-9-24-17-40-41-28(24)13-21)7-8-23(26)16-38-33(45)29-14-25(43)18-42(29)34(46)27(35(3,4)5)15-30(44)36(37)10-11-36/h6-9,12-13,17,19-20,25,27,29,43H,10-11,14-16,18H2,1-5H3,(H,38,45)(H,40,41)/t25-,27-,29+/m1/s1. The largest absolute Gasteiger partial charge is 0.391 e. The van der Waals surface area contributed by atoms with Gasteiger partial charge in [-0.2, -0.15) is 5.10 Å². The van der Waals surface area contributed by atoms with Crippen molar-refractivity contribution in [3.63, 3.8) is 0 Å². The molecule has 0 spiro atoms. The third kappa shape index (κ3) is 6.73. The number of carbonyl (C=O) groups excluding carboxylic acids is 3. The predicted molar refractivity (Wildman–Crippen MR) is 180 cm³/mol. The van der Waals surface area contributed by atoms with Gasteiger partial charge in [-0.1, -0.05) is 58.9 Å². The van der Waals surface area contributed by atoms with Crippen molar-refractivity contribution in [1.82, 2.24) is 25.4 Å². The number of alkyl halides is 1. The number of aromatic nitrogens is 3. The fourth-order valence-electron chi connectivity index (χ4n) is 6.50. The zero-order chi connectivity index (χ0) is 33.7. The second kappa shape index (κ2) is 12.6. The molecule has 248 valence electrons. The van der Waals surface area contributed by atoms with E-state index in [-0.39, 0.29) is 50.6 Å². The second-order valence-corrected chi connectivity index (χ2v) is 15.3. The molecule has 1 saturated carbocycles. The number of halogens is 1. The van der Waals surface area contributed by atoms with E-state index < -0.39 is 40.8 Å². The number of rotatable bonds is 10. The first kappa shape index (κ1) is 33.0. The maximum atomic E-state index is 14.6. The molecule has 2 amide bonds. The Morgan fingerprint density at radius 3 is 2.60 bits per heavy atom. The van der Waals surface area contributed by atoms with Crippen LogP contribution < -0.4 is 5.32 Å². The van der Waals surface area contributed by atoms with E-state index in [1.54, 1.807) is 17.5 Å². The number of amides is 2. The Hall–Kier alpha value is -3.96. The van der Waals surface area contributed by atoms with Gasteiger partial charge in [0.15, 0.2) is 11.5 Å². The van der Waals surface area contributed by atoms with E-state index in [0.29, 0.717) is 0 Å². The fraction of sp³-hybridized carbons (Fsp3) is 0.472. The van der Waals surface area contributed by atoms with Crippen LogP contribution in [0.5, 0.6) is 0 Å². The van der Waals surface area contributed by atoms with Crippen molar-refractivity contribution in [3.05, 3.63) is 59.2 Å². The summed E-state index contributed by atoms with van der Waals surface area (Å²) in [6.45, 7) is 9.98. The van der Waals surface area contributed by atoms with Gasteiger partial charge in [0, 0.05) is 42.8 Å². The smallest absolute Gasteiger partial charge is 0.243 e. The molecule has 9 nitrogen and oxygen atoms in total. The molecule has 3 N–H and O–H groups in total. The zero-order valence-electron chi connectivity index (χ0n) is 27.5. The van der Waals surface area contributed by atoms with Crippen molar-refractivity contribution >= 4 is 39.8 Å². The van der Waals surface area contributed by atoms with Gasteiger partial charge in [-0.15, -0.1) is 11.3 Å². The number of carbonyl (C=O) groups is 3. The molecule has 2 aromatic carbocycles. The lowest BCUT2D eigenvalue weighted by Crippen LogP contribution is -2.50. The number of hydrogen-bond acceptors (Lipinski definition) is 7. The molecular weight excluding hydrogens is 617 g/mol. The highest BCUT2D eigenvalue weighted by molar-refractivity contribution is 7.13. The average Bonchev–Trinajstić information content (AvgIpc) is 3.41. The number of hydrogen-bond donors (Lipinski definition) is 3. The number of aliphatic hydroxyl groups excluding tert-OH is 1. The topological polar surface area (TPSA) is 128 Å². The van der Waals surface area contributed by atoms with Crippen LogP contribution in [0.15, 0.2) is 48.1 Å². The van der Waals surface area contributed by atoms with Crippen LogP contribution in [0.25, 0.3) is 32.6 Å². The van der Waals surface area contributed by atoms with Gasteiger partial charge in [-0.05, 0) is 53.0 Å². The van der Waals surface area contributed by atoms with E-state index in [9.17, 15) is 23.9 Å². The normalized spacial score (nSPS) is 19.7. The molecule has 0 radical (unpaired) electrons. The fourth-order valence-corrected chi connectivity index (χ4v) is 7.31. The molecule has 2 aromatic heterocycles. The SMILES string of the molecule is CC(C)c1cc(-c2scnc2-c2ccc3cn[nH]c3c2)ccc1CNC(=O)[C@@H]1C[C@@H](O)CN1C(=O)[C@@H](CC(=O)C1(F)CC1)C(C)(C)C. The van der Waals surface area contributed by atoms with Crippen molar-refractivity contribution in [1.29, 1.82) is 0 Å². The van der Waals surface area contributed by atoms with E-state index in [0.717, 1.165) is 43.7 Å². The van der Waals surface area contributed by atoms with Crippen LogP contribution in [-0.4, -0.2) is 67.1 Å². The van der Waals surface area contributed by atoms with Gasteiger partial charge >= 0.3 is 0 Å². The maximum Gasteiger partial charge on any atom is 0.243 e. The summed E-state index contributed by atoms with van der Waals surface area (Å²) in [6, 6.07) is 11.4. The van der Waals surface area contributed by atoms with E-state index in [1.165, 1.54) is 4.90 Å². The van der Waals surface area contributed by atoms with Gasteiger partial charge in [0.05, 0.1) is 33.9 Å². The Kier molecular flexibility index (Phi) is 8.82. The molecule has 2 fully saturated rings. The molecule has 11 heteroatoms. The minimum absolute atomic E-state index is 0.00507. The number of nitrogens with one attached hydrogen (secondary N) is 2. The molecule has 2 aliphatic rings. The number of aliphatic hydroxyl groups is 1. The molecule has 3 heterocycles. The lowest BCUT2D eigenvalue weighted by Gasteiger charge is -2.35. The summed E-state index contributed by atoms with van der Waals surface area (Å²) in [5.41, 5.74) is 5.27. The molecule has 4 aromatic rings. The number of aromatic amines is 1.